The molecule has 104 valence electrons. The topological polar surface area (TPSA) is 66.5 Å². The third-order valence-corrected chi connectivity index (χ3v) is 6.35. The Morgan fingerprint density at radius 3 is 2.94 bits per heavy atom. The van der Waals surface area contributed by atoms with Crippen molar-refractivity contribution in [3.8, 4) is 0 Å². The van der Waals surface area contributed by atoms with Crippen molar-refractivity contribution in [1.82, 2.24) is 9.62 Å². The molecular weight excluding hydrogens is 276 g/mol. The quantitative estimate of drug-likeness (QED) is 0.763. The van der Waals surface area contributed by atoms with Crippen molar-refractivity contribution in [2.24, 2.45) is 11.8 Å². The van der Waals surface area contributed by atoms with Gasteiger partial charge in [0.15, 0.2) is 0 Å². The molecule has 2 heterocycles. The van der Waals surface area contributed by atoms with E-state index in [0.717, 1.165) is 12.8 Å². The van der Waals surface area contributed by atoms with Gasteiger partial charge >= 0.3 is 0 Å². The van der Waals surface area contributed by atoms with Crippen LogP contribution < -0.4 is 5.32 Å². The lowest BCUT2D eigenvalue weighted by Gasteiger charge is -2.35. The number of nitrogens with one attached hydrogen (secondary N) is 1. The number of fused-ring (bicyclic) bond motifs is 1. The second-order valence-corrected chi connectivity index (χ2v) is 7.48. The first-order valence-corrected chi connectivity index (χ1v) is 8.43. The van der Waals surface area contributed by atoms with E-state index in [1.807, 2.05) is 6.92 Å². The average Bonchev–Trinajstić information content (AvgIpc) is 2.70. The Balaban J connectivity index is 2.14. The van der Waals surface area contributed by atoms with Gasteiger partial charge in [0.25, 0.3) is 0 Å². The van der Waals surface area contributed by atoms with E-state index in [-0.39, 0.29) is 29.5 Å². The standard InChI is InChI=1S/C11H19ClN2O3S/c1-8(5-12)7-18(16,17)14-4-2-3-9-10(14)6-13-11(9)15/h8-10H,2-7H2,1H3,(H,13,15). The molecule has 0 aliphatic carbocycles. The van der Waals surface area contributed by atoms with Crippen LogP contribution in [0.5, 0.6) is 0 Å². The van der Waals surface area contributed by atoms with Crippen LogP contribution in [0.15, 0.2) is 0 Å². The SMILES string of the molecule is CC(CCl)CS(=O)(=O)N1CCCC2C(=O)NCC21. The maximum Gasteiger partial charge on any atom is 0.224 e. The molecule has 2 aliphatic rings. The lowest BCUT2D eigenvalue weighted by atomic mass is 9.93. The zero-order valence-corrected chi connectivity index (χ0v) is 12.0. The fourth-order valence-corrected chi connectivity index (χ4v) is 5.07. The van der Waals surface area contributed by atoms with Gasteiger partial charge in [0.2, 0.25) is 15.9 Å². The second-order valence-electron chi connectivity index (χ2n) is 5.21. The van der Waals surface area contributed by atoms with Gasteiger partial charge in [-0.2, -0.15) is 4.31 Å². The first-order valence-electron chi connectivity index (χ1n) is 6.29. The van der Waals surface area contributed by atoms with Crippen molar-refractivity contribution >= 4 is 27.5 Å². The number of hydrogen-bond donors (Lipinski definition) is 1. The molecule has 2 rings (SSSR count). The molecule has 2 fully saturated rings. The Kier molecular flexibility index (Phi) is 4.18. The van der Waals surface area contributed by atoms with Crippen molar-refractivity contribution in [3.63, 3.8) is 0 Å². The molecule has 18 heavy (non-hydrogen) atoms. The zero-order chi connectivity index (χ0) is 13.3. The number of piperidine rings is 1. The highest BCUT2D eigenvalue weighted by molar-refractivity contribution is 7.89. The summed E-state index contributed by atoms with van der Waals surface area (Å²) in [4.78, 5) is 11.6. The van der Waals surface area contributed by atoms with E-state index in [0.29, 0.717) is 19.0 Å². The Labute approximate surface area is 113 Å². The molecule has 1 N–H and O–H groups in total. The summed E-state index contributed by atoms with van der Waals surface area (Å²) in [6.45, 7) is 2.79. The number of nitrogens with zero attached hydrogens (tertiary/aromatic N) is 1. The average molecular weight is 295 g/mol. The van der Waals surface area contributed by atoms with Crippen LogP contribution in [-0.2, 0) is 14.8 Å². The molecule has 2 aliphatic heterocycles. The van der Waals surface area contributed by atoms with Crippen LogP contribution in [0.2, 0.25) is 0 Å². The van der Waals surface area contributed by atoms with Crippen LogP contribution >= 0.6 is 11.6 Å². The Hall–Kier alpha value is -0.330. The summed E-state index contributed by atoms with van der Waals surface area (Å²) in [6.07, 6.45) is 1.54. The third kappa shape index (κ3) is 2.65. The predicted octanol–water partition coefficient (Wildman–Crippen LogP) is 0.402. The number of alkyl halides is 1. The van der Waals surface area contributed by atoms with Gasteiger partial charge in [-0.15, -0.1) is 11.6 Å². The summed E-state index contributed by atoms with van der Waals surface area (Å²) in [5, 5.41) is 2.76. The summed E-state index contributed by atoms with van der Waals surface area (Å²) in [5.74, 6) is 0.152. The Bertz CT molecular complexity index is 426. The van der Waals surface area contributed by atoms with Crippen molar-refractivity contribution in [2.45, 2.75) is 25.8 Å². The minimum Gasteiger partial charge on any atom is -0.354 e. The van der Waals surface area contributed by atoms with E-state index in [2.05, 4.69) is 5.32 Å². The molecule has 5 nitrogen and oxygen atoms in total. The largest absolute Gasteiger partial charge is 0.354 e. The van der Waals surface area contributed by atoms with Crippen molar-refractivity contribution in [1.29, 1.82) is 0 Å². The lowest BCUT2D eigenvalue weighted by Crippen LogP contribution is -2.50. The van der Waals surface area contributed by atoms with E-state index >= 15 is 0 Å². The molecule has 0 saturated carbocycles. The summed E-state index contributed by atoms with van der Waals surface area (Å²) < 4.78 is 26.2. The van der Waals surface area contributed by atoms with E-state index in [4.69, 9.17) is 11.6 Å². The summed E-state index contributed by atoms with van der Waals surface area (Å²) in [7, 11) is -3.32. The normalized spacial score (nSPS) is 30.9. The Morgan fingerprint density at radius 1 is 1.56 bits per heavy atom. The van der Waals surface area contributed by atoms with Crippen molar-refractivity contribution in [3.05, 3.63) is 0 Å². The molecule has 7 heteroatoms. The van der Waals surface area contributed by atoms with Crippen LogP contribution in [-0.4, -0.2) is 49.4 Å². The fraction of sp³-hybridized carbons (Fsp3) is 0.909. The maximum atomic E-state index is 12.3. The van der Waals surface area contributed by atoms with Gasteiger partial charge in [-0.3, -0.25) is 4.79 Å². The smallest absolute Gasteiger partial charge is 0.224 e. The highest BCUT2D eigenvalue weighted by Crippen LogP contribution is 2.30. The third-order valence-electron chi connectivity index (χ3n) is 3.67. The van der Waals surface area contributed by atoms with Crippen LogP contribution in [0.25, 0.3) is 0 Å². The molecule has 0 aromatic rings. The number of amides is 1. The van der Waals surface area contributed by atoms with E-state index in [1.165, 1.54) is 4.31 Å². The Morgan fingerprint density at radius 2 is 2.28 bits per heavy atom. The van der Waals surface area contributed by atoms with Crippen LogP contribution in [0.1, 0.15) is 19.8 Å². The van der Waals surface area contributed by atoms with Gasteiger partial charge in [0.05, 0.1) is 17.7 Å². The molecule has 0 radical (unpaired) electrons. The number of halogens is 1. The number of rotatable bonds is 4. The lowest BCUT2D eigenvalue weighted by molar-refractivity contribution is -0.123. The number of carbonyl (C=O) groups excluding carboxylic acids is 1. The van der Waals surface area contributed by atoms with Crippen LogP contribution in [0, 0.1) is 11.8 Å². The predicted molar refractivity (Wildman–Crippen MR) is 69.9 cm³/mol. The monoisotopic (exact) mass is 294 g/mol. The maximum absolute atomic E-state index is 12.3. The van der Waals surface area contributed by atoms with Gasteiger partial charge < -0.3 is 5.32 Å². The minimum atomic E-state index is -3.32. The van der Waals surface area contributed by atoms with Gasteiger partial charge in [0, 0.05) is 19.0 Å². The zero-order valence-electron chi connectivity index (χ0n) is 10.4. The van der Waals surface area contributed by atoms with Gasteiger partial charge in [-0.25, -0.2) is 8.42 Å². The first-order chi connectivity index (χ1) is 8.45. The first kappa shape index (κ1) is 14.1. The molecule has 2 saturated heterocycles. The molecule has 3 atom stereocenters. The highest BCUT2D eigenvalue weighted by atomic mass is 35.5. The van der Waals surface area contributed by atoms with E-state index < -0.39 is 10.0 Å². The molecule has 0 spiro atoms. The molecule has 0 bridgehead atoms. The molecular formula is C11H19ClN2O3S. The van der Waals surface area contributed by atoms with Crippen molar-refractivity contribution < 1.29 is 13.2 Å². The van der Waals surface area contributed by atoms with E-state index in [9.17, 15) is 13.2 Å². The van der Waals surface area contributed by atoms with Crippen LogP contribution in [0.3, 0.4) is 0 Å². The van der Waals surface area contributed by atoms with Crippen molar-refractivity contribution in [2.75, 3.05) is 24.7 Å². The van der Waals surface area contributed by atoms with Gasteiger partial charge in [0.1, 0.15) is 0 Å². The number of carbonyl (C=O) groups is 1. The number of hydrogen-bond acceptors (Lipinski definition) is 3. The van der Waals surface area contributed by atoms with E-state index in [1.54, 1.807) is 0 Å². The summed E-state index contributed by atoms with van der Waals surface area (Å²) >= 11 is 5.68. The fourth-order valence-electron chi connectivity index (χ4n) is 2.76. The van der Waals surface area contributed by atoms with Crippen LogP contribution in [0.4, 0.5) is 0 Å². The molecule has 0 aromatic carbocycles. The minimum absolute atomic E-state index is 0.00899. The van der Waals surface area contributed by atoms with Gasteiger partial charge in [-0.05, 0) is 18.8 Å². The van der Waals surface area contributed by atoms with Gasteiger partial charge in [-0.1, -0.05) is 6.92 Å². The highest BCUT2D eigenvalue weighted by Gasteiger charge is 2.45. The second kappa shape index (κ2) is 5.35. The number of sulfonamides is 1. The summed E-state index contributed by atoms with van der Waals surface area (Å²) in [5.41, 5.74) is 0. The molecule has 3 unspecified atom stereocenters. The summed E-state index contributed by atoms with van der Waals surface area (Å²) in [6, 6.07) is -0.196. The molecule has 1 amide bonds. The molecule has 0 aromatic heterocycles.